The number of carbonyl (C=O) groups is 2. The molecule has 5 rings (SSSR count). The van der Waals surface area contributed by atoms with Gasteiger partial charge in [0.25, 0.3) is 11.8 Å². The molecule has 0 fully saturated rings. The number of benzene rings is 2. The van der Waals surface area contributed by atoms with Gasteiger partial charge in [0.2, 0.25) is 0 Å². The van der Waals surface area contributed by atoms with Gasteiger partial charge < -0.3 is 15.3 Å². The third-order valence-electron chi connectivity index (χ3n) is 5.94. The molecule has 0 bridgehead atoms. The molecule has 2 aromatic heterocycles. The second-order valence-corrected chi connectivity index (χ2v) is 9.92. The van der Waals surface area contributed by atoms with Crippen molar-refractivity contribution in [1.29, 1.82) is 5.41 Å². The molecule has 1 aliphatic rings. The van der Waals surface area contributed by atoms with Crippen LogP contribution in [-0.2, 0) is 16.1 Å². The zero-order valence-corrected chi connectivity index (χ0v) is 20.1. The summed E-state index contributed by atoms with van der Waals surface area (Å²) in [5.74, 6) is -0.0378. The molecule has 0 atom stereocenters. The van der Waals surface area contributed by atoms with Crippen molar-refractivity contribution in [3.05, 3.63) is 66.0 Å². The number of hydrogen-bond acceptors (Lipinski definition) is 5. The molecule has 172 valence electrons. The van der Waals surface area contributed by atoms with E-state index in [0.717, 1.165) is 44.4 Å². The summed E-state index contributed by atoms with van der Waals surface area (Å²) in [6.07, 6.45) is 6.62. The molecule has 0 saturated carbocycles. The molecule has 0 spiro atoms. The number of fused-ring (bicyclic) bond motifs is 2. The number of aryl methyl sites for hydroxylation is 1. The average molecular weight is 490 g/mol. The molecule has 0 saturated heterocycles. The van der Waals surface area contributed by atoms with Crippen molar-refractivity contribution in [3.63, 3.8) is 0 Å². The number of amidine groups is 1. The fraction of sp³-hybridized carbons (Fsp3) is 0.160. The molecule has 3 heterocycles. The van der Waals surface area contributed by atoms with Gasteiger partial charge in [-0.2, -0.15) is 0 Å². The zero-order valence-electron chi connectivity index (χ0n) is 18.5. The molecule has 34 heavy (non-hydrogen) atoms. The highest BCUT2D eigenvalue weighted by atomic mass is 32.2. The second kappa shape index (κ2) is 9.08. The molecule has 1 aliphatic heterocycles. The van der Waals surface area contributed by atoms with Crippen LogP contribution in [0.3, 0.4) is 0 Å². The lowest BCUT2D eigenvalue weighted by atomic mass is 9.95. The van der Waals surface area contributed by atoms with Crippen LogP contribution in [0.5, 0.6) is 0 Å². The third-order valence-corrected chi connectivity index (χ3v) is 7.51. The number of carbonyl (C=O) groups excluding carboxylic acids is 2. The highest BCUT2D eigenvalue weighted by molar-refractivity contribution is 8.13. The smallest absolute Gasteiger partial charge is 0.259 e. The lowest BCUT2D eigenvalue weighted by molar-refractivity contribution is -0.122. The van der Waals surface area contributed by atoms with E-state index < -0.39 is 0 Å². The first-order valence-corrected chi connectivity index (χ1v) is 13.0. The Bertz CT molecular complexity index is 1500. The van der Waals surface area contributed by atoms with Crippen LogP contribution < -0.4 is 11.1 Å². The van der Waals surface area contributed by atoms with Gasteiger partial charge in [0.05, 0.1) is 16.7 Å². The van der Waals surface area contributed by atoms with Crippen molar-refractivity contribution in [2.24, 2.45) is 5.73 Å². The molecule has 7 nitrogen and oxygen atoms in total. The van der Waals surface area contributed by atoms with Gasteiger partial charge in [-0.05, 0) is 24.8 Å². The van der Waals surface area contributed by atoms with Gasteiger partial charge in [-0.1, -0.05) is 42.1 Å². The summed E-state index contributed by atoms with van der Waals surface area (Å²) in [6, 6.07) is 13.8. The van der Waals surface area contributed by atoms with Crippen LogP contribution >= 0.6 is 23.5 Å². The van der Waals surface area contributed by atoms with Crippen LogP contribution in [0.2, 0.25) is 0 Å². The van der Waals surface area contributed by atoms with Gasteiger partial charge in [0.1, 0.15) is 0 Å². The van der Waals surface area contributed by atoms with Gasteiger partial charge in [0, 0.05) is 57.0 Å². The fourth-order valence-electron chi connectivity index (χ4n) is 4.53. The number of amides is 2. The minimum atomic E-state index is -0.385. The number of nitrogens with zero attached hydrogens (tertiary/aromatic N) is 1. The lowest BCUT2D eigenvalue weighted by Gasteiger charge is -2.08. The number of imide groups is 1. The number of hydrogen-bond donors (Lipinski definition) is 4. The summed E-state index contributed by atoms with van der Waals surface area (Å²) in [5.41, 5.74) is 9.67. The standard InChI is InChI=1S/C25H23N5O2S2/c1-33-19-9-4-7-15-17(13-30(22(15)19)10-5-11-34-25(26)27)21-20(23(31)29-24(21)32)16-12-28-18-8-3-2-6-14(16)18/h2-4,6-9,12-13,28H,5,10-11H2,1H3,(H3,26,27)(H,29,31,32). The van der Waals surface area contributed by atoms with E-state index in [0.29, 0.717) is 23.3 Å². The van der Waals surface area contributed by atoms with Crippen molar-refractivity contribution in [2.75, 3.05) is 12.0 Å². The Balaban J connectivity index is 1.70. The Hall–Kier alpha value is -3.43. The van der Waals surface area contributed by atoms with Crippen LogP contribution in [0, 0.1) is 5.41 Å². The molecular weight excluding hydrogens is 466 g/mol. The van der Waals surface area contributed by atoms with Gasteiger partial charge >= 0.3 is 0 Å². The SMILES string of the molecule is CSc1cccc2c(C3=C(c4c[nH]c5ccccc45)C(=O)NC3=O)cn(CCCSC(=N)N)c12. The van der Waals surface area contributed by atoms with Crippen molar-refractivity contribution in [2.45, 2.75) is 17.9 Å². The zero-order chi connectivity index (χ0) is 23.8. The van der Waals surface area contributed by atoms with E-state index in [4.69, 9.17) is 11.1 Å². The molecular formula is C25H23N5O2S2. The Labute approximate surface area is 204 Å². The van der Waals surface area contributed by atoms with E-state index in [1.165, 1.54) is 11.8 Å². The summed E-state index contributed by atoms with van der Waals surface area (Å²) in [5, 5.41) is 11.9. The van der Waals surface area contributed by atoms with Crippen LogP contribution in [0.15, 0.2) is 59.8 Å². The van der Waals surface area contributed by atoms with E-state index in [2.05, 4.69) is 20.9 Å². The molecule has 2 amide bonds. The molecule has 0 unspecified atom stereocenters. The van der Waals surface area contributed by atoms with Gasteiger partial charge in [-0.3, -0.25) is 20.3 Å². The Kier molecular flexibility index (Phi) is 5.97. The quantitative estimate of drug-likeness (QED) is 0.101. The maximum absolute atomic E-state index is 13.1. The molecule has 2 aromatic carbocycles. The first-order chi connectivity index (χ1) is 16.5. The van der Waals surface area contributed by atoms with Crippen molar-refractivity contribution in [1.82, 2.24) is 14.9 Å². The average Bonchev–Trinajstić information content (AvgIpc) is 3.49. The summed E-state index contributed by atoms with van der Waals surface area (Å²) < 4.78 is 2.15. The lowest BCUT2D eigenvalue weighted by Crippen LogP contribution is -2.22. The highest BCUT2D eigenvalue weighted by Crippen LogP contribution is 2.40. The van der Waals surface area contributed by atoms with Crippen LogP contribution in [0.1, 0.15) is 17.5 Å². The predicted octanol–water partition coefficient (Wildman–Crippen LogP) is 4.43. The number of nitrogens with one attached hydrogen (secondary N) is 3. The molecule has 0 aliphatic carbocycles. The predicted molar refractivity (Wildman–Crippen MR) is 141 cm³/mol. The van der Waals surface area contributed by atoms with Crippen LogP contribution in [-0.4, -0.2) is 38.5 Å². The topological polar surface area (TPSA) is 117 Å². The van der Waals surface area contributed by atoms with Crippen LogP contribution in [0.4, 0.5) is 0 Å². The number of aromatic nitrogens is 2. The van der Waals surface area contributed by atoms with E-state index in [1.807, 2.05) is 48.9 Å². The minimum absolute atomic E-state index is 0.109. The molecule has 5 N–H and O–H groups in total. The van der Waals surface area contributed by atoms with E-state index in [1.54, 1.807) is 18.0 Å². The minimum Gasteiger partial charge on any atom is -0.379 e. The molecule has 4 aromatic rings. The van der Waals surface area contributed by atoms with E-state index >= 15 is 0 Å². The van der Waals surface area contributed by atoms with Gasteiger partial charge in [0.15, 0.2) is 5.17 Å². The number of H-pyrrole nitrogens is 1. The fourth-order valence-corrected chi connectivity index (χ4v) is 5.66. The van der Waals surface area contributed by atoms with Crippen molar-refractivity contribution in [3.8, 4) is 0 Å². The van der Waals surface area contributed by atoms with E-state index in [9.17, 15) is 9.59 Å². The number of para-hydroxylation sites is 2. The van der Waals surface area contributed by atoms with Gasteiger partial charge in [-0.15, -0.1) is 11.8 Å². The van der Waals surface area contributed by atoms with Crippen LogP contribution in [0.25, 0.3) is 33.0 Å². The number of thioether (sulfide) groups is 2. The van der Waals surface area contributed by atoms with Crippen molar-refractivity contribution >= 4 is 73.5 Å². The van der Waals surface area contributed by atoms with Crippen molar-refractivity contribution < 1.29 is 9.59 Å². The largest absolute Gasteiger partial charge is 0.379 e. The normalized spacial score (nSPS) is 13.9. The summed E-state index contributed by atoms with van der Waals surface area (Å²) in [7, 11) is 0. The van der Waals surface area contributed by atoms with Gasteiger partial charge in [-0.25, -0.2) is 0 Å². The maximum Gasteiger partial charge on any atom is 0.259 e. The highest BCUT2D eigenvalue weighted by Gasteiger charge is 2.35. The Morgan fingerprint density at radius 3 is 2.53 bits per heavy atom. The first kappa shape index (κ1) is 22.4. The monoisotopic (exact) mass is 489 g/mol. The van der Waals surface area contributed by atoms with E-state index in [-0.39, 0.29) is 17.0 Å². The Morgan fingerprint density at radius 2 is 1.76 bits per heavy atom. The maximum atomic E-state index is 13.1. The third kappa shape index (κ3) is 3.80. The molecule has 0 radical (unpaired) electrons. The number of nitrogens with two attached hydrogens (primary N) is 1. The molecule has 9 heteroatoms. The second-order valence-electron chi connectivity index (χ2n) is 7.94. The summed E-state index contributed by atoms with van der Waals surface area (Å²) in [4.78, 5) is 30.4. The summed E-state index contributed by atoms with van der Waals surface area (Å²) in [6.45, 7) is 0.708. The number of aromatic amines is 1. The first-order valence-electron chi connectivity index (χ1n) is 10.8. The number of rotatable bonds is 7. The summed E-state index contributed by atoms with van der Waals surface area (Å²) >= 11 is 2.96. The Morgan fingerprint density at radius 1 is 1.03 bits per heavy atom.